The monoisotopic (exact) mass is 422 g/mol. The number of aromatic nitrogens is 4. The van der Waals surface area contributed by atoms with E-state index in [9.17, 15) is 4.79 Å². The Kier molecular flexibility index (Phi) is 6.06. The van der Waals surface area contributed by atoms with Gasteiger partial charge in [-0.2, -0.15) is 0 Å². The lowest BCUT2D eigenvalue weighted by Crippen LogP contribution is -2.44. The number of hydrogen-bond acceptors (Lipinski definition) is 6. The summed E-state index contributed by atoms with van der Waals surface area (Å²) in [5.41, 5.74) is 1.81. The highest BCUT2D eigenvalue weighted by molar-refractivity contribution is 5.83. The van der Waals surface area contributed by atoms with Gasteiger partial charge in [-0.3, -0.25) is 4.79 Å². The molecule has 1 amide bonds. The number of carbonyl (C=O) groups excluding carboxylic acids is 1. The molecule has 164 valence electrons. The molecule has 0 spiro atoms. The zero-order valence-electron chi connectivity index (χ0n) is 18.7. The van der Waals surface area contributed by atoms with Gasteiger partial charge in [0.15, 0.2) is 0 Å². The third-order valence-corrected chi connectivity index (χ3v) is 5.89. The molecule has 0 bridgehead atoms. The fraction of sp³-hybridized carbons (Fsp3) is 0.478. The summed E-state index contributed by atoms with van der Waals surface area (Å²) in [6.07, 6.45) is 5.47. The molecule has 8 heteroatoms. The number of hydrogen-bond donors (Lipinski definition) is 0. The molecule has 1 atom stereocenters. The maximum Gasteiger partial charge on any atom is 0.227 e. The van der Waals surface area contributed by atoms with Gasteiger partial charge in [0.1, 0.15) is 11.6 Å². The molecule has 1 aliphatic rings. The topological polar surface area (TPSA) is 76.4 Å². The average Bonchev–Trinajstić information content (AvgIpc) is 3.18. The van der Waals surface area contributed by atoms with E-state index in [-0.39, 0.29) is 11.8 Å². The number of anilines is 1. The zero-order valence-corrected chi connectivity index (χ0v) is 18.7. The van der Waals surface area contributed by atoms with Gasteiger partial charge in [0.05, 0.1) is 30.3 Å². The summed E-state index contributed by atoms with van der Waals surface area (Å²) in [6, 6.07) is 5.91. The summed E-state index contributed by atoms with van der Waals surface area (Å²) in [5, 5.41) is 0.995. The summed E-state index contributed by atoms with van der Waals surface area (Å²) in [7, 11) is 3.79. The molecule has 4 rings (SSSR count). The largest absolute Gasteiger partial charge is 0.494 e. The molecule has 3 aromatic rings. The van der Waals surface area contributed by atoms with Crippen molar-refractivity contribution in [1.82, 2.24) is 24.4 Å². The van der Waals surface area contributed by atoms with E-state index in [0.29, 0.717) is 25.6 Å². The molecular formula is C23H30N6O2. The summed E-state index contributed by atoms with van der Waals surface area (Å²) in [4.78, 5) is 30.9. The lowest BCUT2D eigenvalue weighted by molar-refractivity contribution is -0.135. The molecule has 0 aliphatic carbocycles. The zero-order chi connectivity index (χ0) is 22.0. The van der Waals surface area contributed by atoms with Crippen LogP contribution < -0.4 is 9.64 Å². The Hall–Kier alpha value is -3.16. The number of amides is 1. The van der Waals surface area contributed by atoms with Gasteiger partial charge in [-0.15, -0.1) is 0 Å². The molecule has 3 heterocycles. The second kappa shape index (κ2) is 8.91. The van der Waals surface area contributed by atoms with Gasteiger partial charge < -0.3 is 19.1 Å². The number of nitrogens with zero attached hydrogens (tertiary/aromatic N) is 6. The van der Waals surface area contributed by atoms with E-state index in [1.165, 1.54) is 0 Å². The van der Waals surface area contributed by atoms with Gasteiger partial charge in [0.25, 0.3) is 0 Å². The highest BCUT2D eigenvalue weighted by Crippen LogP contribution is 2.27. The van der Waals surface area contributed by atoms with Crippen molar-refractivity contribution in [2.45, 2.75) is 33.2 Å². The maximum absolute atomic E-state index is 13.1. The molecule has 1 aromatic carbocycles. The predicted molar refractivity (Wildman–Crippen MR) is 120 cm³/mol. The molecule has 2 aromatic heterocycles. The number of benzene rings is 1. The van der Waals surface area contributed by atoms with Crippen molar-refractivity contribution in [3.8, 4) is 5.75 Å². The van der Waals surface area contributed by atoms with Gasteiger partial charge in [0, 0.05) is 45.0 Å². The van der Waals surface area contributed by atoms with Crippen LogP contribution >= 0.6 is 0 Å². The first-order valence-corrected chi connectivity index (χ1v) is 10.8. The summed E-state index contributed by atoms with van der Waals surface area (Å²) in [5.74, 6) is 2.47. The van der Waals surface area contributed by atoms with Gasteiger partial charge in [-0.25, -0.2) is 15.0 Å². The summed E-state index contributed by atoms with van der Waals surface area (Å²) < 4.78 is 7.55. The van der Waals surface area contributed by atoms with Crippen molar-refractivity contribution in [1.29, 1.82) is 0 Å². The first kappa shape index (κ1) is 21.1. The number of fused-ring (bicyclic) bond motifs is 1. The second-order valence-electron chi connectivity index (χ2n) is 8.15. The molecule has 1 fully saturated rings. The average molecular weight is 423 g/mol. The quantitative estimate of drug-likeness (QED) is 0.608. The van der Waals surface area contributed by atoms with E-state index in [1.807, 2.05) is 56.9 Å². The van der Waals surface area contributed by atoms with Crippen molar-refractivity contribution in [2.24, 2.45) is 13.0 Å². The molecular weight excluding hydrogens is 392 g/mol. The van der Waals surface area contributed by atoms with Gasteiger partial charge in [0.2, 0.25) is 11.9 Å². The molecule has 1 saturated heterocycles. The number of piperidine rings is 1. The van der Waals surface area contributed by atoms with E-state index >= 15 is 0 Å². The number of ether oxygens (including phenoxy) is 1. The van der Waals surface area contributed by atoms with Crippen LogP contribution in [0.3, 0.4) is 0 Å². The highest BCUT2D eigenvalue weighted by atomic mass is 16.5. The van der Waals surface area contributed by atoms with Crippen molar-refractivity contribution in [3.63, 3.8) is 0 Å². The normalized spacial score (nSPS) is 16.5. The number of carbonyl (C=O) groups is 1. The molecule has 8 nitrogen and oxygen atoms in total. The molecule has 0 N–H and O–H groups in total. The predicted octanol–water partition coefficient (Wildman–Crippen LogP) is 2.95. The van der Waals surface area contributed by atoms with Crippen LogP contribution in [0.1, 0.15) is 31.3 Å². The van der Waals surface area contributed by atoms with Crippen LogP contribution in [0.4, 0.5) is 5.95 Å². The molecule has 0 radical (unpaired) electrons. The minimum atomic E-state index is -0.0704. The number of rotatable bonds is 6. The lowest BCUT2D eigenvalue weighted by Gasteiger charge is -2.34. The second-order valence-corrected chi connectivity index (χ2v) is 8.15. The Labute approximate surface area is 182 Å². The fourth-order valence-electron chi connectivity index (χ4n) is 4.15. The van der Waals surface area contributed by atoms with Crippen molar-refractivity contribution in [2.75, 3.05) is 31.6 Å². The Bertz CT molecular complexity index is 1080. The van der Waals surface area contributed by atoms with Crippen LogP contribution in [-0.2, 0) is 18.4 Å². The lowest BCUT2D eigenvalue weighted by atomic mass is 9.97. The molecule has 1 aliphatic heterocycles. The third-order valence-electron chi connectivity index (χ3n) is 5.89. The van der Waals surface area contributed by atoms with Crippen molar-refractivity contribution < 1.29 is 9.53 Å². The SMILES string of the molecule is CCOc1ccc2nc(N3CCCC(C(=O)N(C)Cc4nccn4C)C3)nc(C)c2c1. The Morgan fingerprint density at radius 3 is 2.90 bits per heavy atom. The van der Waals surface area contributed by atoms with Gasteiger partial charge >= 0.3 is 0 Å². The Balaban J connectivity index is 1.50. The van der Waals surface area contributed by atoms with E-state index in [1.54, 1.807) is 11.1 Å². The van der Waals surface area contributed by atoms with Crippen molar-refractivity contribution in [3.05, 3.63) is 42.1 Å². The summed E-state index contributed by atoms with van der Waals surface area (Å²) in [6.45, 7) is 6.59. The highest BCUT2D eigenvalue weighted by Gasteiger charge is 2.29. The first-order valence-electron chi connectivity index (χ1n) is 10.8. The van der Waals surface area contributed by atoms with Crippen LogP contribution in [0.25, 0.3) is 10.9 Å². The standard InChI is InChI=1S/C23H30N6O2/c1-5-31-18-8-9-20-19(13-18)16(2)25-23(26-20)29-11-6-7-17(14-29)22(30)28(4)15-21-24-10-12-27(21)3/h8-10,12-13,17H,5-7,11,14-15H2,1-4H3. The fourth-order valence-corrected chi connectivity index (χ4v) is 4.15. The summed E-state index contributed by atoms with van der Waals surface area (Å²) >= 11 is 0. The molecule has 1 unspecified atom stereocenters. The number of imidazole rings is 1. The Morgan fingerprint density at radius 1 is 1.32 bits per heavy atom. The van der Waals surface area contributed by atoms with Crippen LogP contribution in [-0.4, -0.2) is 57.1 Å². The van der Waals surface area contributed by atoms with Crippen molar-refractivity contribution >= 4 is 22.8 Å². The van der Waals surface area contributed by atoms with Gasteiger partial charge in [-0.05, 0) is 44.9 Å². The van der Waals surface area contributed by atoms with Gasteiger partial charge in [-0.1, -0.05) is 0 Å². The molecule has 0 saturated carbocycles. The van der Waals surface area contributed by atoms with E-state index < -0.39 is 0 Å². The van der Waals surface area contributed by atoms with Crippen LogP contribution in [0.15, 0.2) is 30.6 Å². The molecule has 31 heavy (non-hydrogen) atoms. The van der Waals surface area contributed by atoms with E-state index in [0.717, 1.165) is 47.6 Å². The van der Waals surface area contributed by atoms with E-state index in [2.05, 4.69) is 9.88 Å². The Morgan fingerprint density at radius 2 is 2.16 bits per heavy atom. The maximum atomic E-state index is 13.1. The van der Waals surface area contributed by atoms with Crippen LogP contribution in [0, 0.1) is 12.8 Å². The first-order chi connectivity index (χ1) is 15.0. The van der Waals surface area contributed by atoms with Crippen LogP contribution in [0.2, 0.25) is 0 Å². The number of aryl methyl sites for hydroxylation is 2. The van der Waals surface area contributed by atoms with Crippen LogP contribution in [0.5, 0.6) is 5.75 Å². The van der Waals surface area contributed by atoms with E-state index in [4.69, 9.17) is 14.7 Å². The minimum Gasteiger partial charge on any atom is -0.494 e. The smallest absolute Gasteiger partial charge is 0.227 e. The third kappa shape index (κ3) is 4.47. The minimum absolute atomic E-state index is 0.0704.